The first-order chi connectivity index (χ1) is 9.08. The molecule has 2 aromatic rings. The lowest BCUT2D eigenvalue weighted by Crippen LogP contribution is -2.16. The standard InChI is InChI=1S/C11H18N8/c1-5-12-9-14-10(16-11(15-9)18(2)3)13-8-6-7-19(4)17-8/h6-7H,5H2,1-4H3,(H2,12,13,14,15,16,17). The van der Waals surface area contributed by atoms with Gasteiger partial charge in [-0.05, 0) is 6.92 Å². The molecular formula is C11H18N8. The van der Waals surface area contributed by atoms with Crippen LogP contribution in [-0.2, 0) is 7.05 Å². The molecule has 2 N–H and O–H groups in total. The minimum atomic E-state index is 0.466. The van der Waals surface area contributed by atoms with Crippen LogP contribution in [0.5, 0.6) is 0 Å². The molecule has 8 nitrogen and oxygen atoms in total. The van der Waals surface area contributed by atoms with Gasteiger partial charge >= 0.3 is 0 Å². The smallest absolute Gasteiger partial charge is 0.235 e. The monoisotopic (exact) mass is 262 g/mol. The summed E-state index contributed by atoms with van der Waals surface area (Å²) in [5, 5.41) is 10.4. The van der Waals surface area contributed by atoms with Crippen LogP contribution in [0, 0.1) is 0 Å². The van der Waals surface area contributed by atoms with Gasteiger partial charge in [0.2, 0.25) is 17.8 Å². The lowest BCUT2D eigenvalue weighted by atomic mass is 10.6. The van der Waals surface area contributed by atoms with Crippen molar-refractivity contribution in [3.8, 4) is 0 Å². The molecule has 0 bridgehead atoms. The van der Waals surface area contributed by atoms with Gasteiger partial charge in [0.05, 0.1) is 0 Å². The number of nitrogens with one attached hydrogen (secondary N) is 2. The number of rotatable bonds is 5. The summed E-state index contributed by atoms with van der Waals surface area (Å²) in [6.07, 6.45) is 1.85. The molecule has 0 atom stereocenters. The van der Waals surface area contributed by atoms with Crippen molar-refractivity contribution in [3.63, 3.8) is 0 Å². The number of hydrogen-bond acceptors (Lipinski definition) is 7. The third kappa shape index (κ3) is 3.30. The summed E-state index contributed by atoms with van der Waals surface area (Å²) in [4.78, 5) is 14.7. The summed E-state index contributed by atoms with van der Waals surface area (Å²) < 4.78 is 1.71. The van der Waals surface area contributed by atoms with Gasteiger partial charge in [-0.3, -0.25) is 4.68 Å². The molecule has 0 aliphatic heterocycles. The van der Waals surface area contributed by atoms with Gasteiger partial charge in [0, 0.05) is 40.0 Å². The number of hydrogen-bond donors (Lipinski definition) is 2. The van der Waals surface area contributed by atoms with Gasteiger partial charge in [-0.15, -0.1) is 0 Å². The minimum Gasteiger partial charge on any atom is -0.354 e. The van der Waals surface area contributed by atoms with E-state index >= 15 is 0 Å². The van der Waals surface area contributed by atoms with Crippen LogP contribution in [0.3, 0.4) is 0 Å². The predicted octanol–water partition coefficient (Wildman–Crippen LogP) is 0.846. The Morgan fingerprint density at radius 3 is 2.53 bits per heavy atom. The first-order valence-electron chi connectivity index (χ1n) is 6.02. The molecule has 8 heteroatoms. The van der Waals surface area contributed by atoms with Crippen molar-refractivity contribution in [2.24, 2.45) is 7.05 Å². The fraction of sp³-hybridized carbons (Fsp3) is 0.455. The summed E-state index contributed by atoms with van der Waals surface area (Å²) >= 11 is 0. The SMILES string of the molecule is CCNc1nc(Nc2ccn(C)n2)nc(N(C)C)n1. The van der Waals surface area contributed by atoms with Gasteiger partial charge < -0.3 is 15.5 Å². The normalized spacial score (nSPS) is 10.3. The molecule has 0 aliphatic carbocycles. The van der Waals surface area contributed by atoms with Crippen LogP contribution in [0.4, 0.5) is 23.7 Å². The second-order valence-corrected chi connectivity index (χ2v) is 4.21. The van der Waals surface area contributed by atoms with Crippen LogP contribution in [0.15, 0.2) is 12.3 Å². The largest absolute Gasteiger partial charge is 0.354 e. The van der Waals surface area contributed by atoms with Crippen LogP contribution < -0.4 is 15.5 Å². The molecule has 0 radical (unpaired) electrons. The van der Waals surface area contributed by atoms with Crippen LogP contribution in [0.25, 0.3) is 0 Å². The van der Waals surface area contributed by atoms with E-state index in [9.17, 15) is 0 Å². The van der Waals surface area contributed by atoms with E-state index in [1.54, 1.807) is 4.68 Å². The Hall–Kier alpha value is -2.38. The quantitative estimate of drug-likeness (QED) is 0.826. The average molecular weight is 262 g/mol. The van der Waals surface area contributed by atoms with Gasteiger partial charge in [-0.2, -0.15) is 20.1 Å². The van der Waals surface area contributed by atoms with Crippen molar-refractivity contribution in [3.05, 3.63) is 12.3 Å². The number of nitrogens with zero attached hydrogens (tertiary/aromatic N) is 6. The van der Waals surface area contributed by atoms with E-state index in [0.29, 0.717) is 23.7 Å². The Morgan fingerprint density at radius 1 is 1.21 bits per heavy atom. The van der Waals surface area contributed by atoms with Gasteiger partial charge in [0.1, 0.15) is 0 Å². The molecule has 2 heterocycles. The Kier molecular flexibility index (Phi) is 3.79. The number of aromatic nitrogens is 5. The molecule has 0 saturated heterocycles. The Labute approximate surface area is 111 Å². The first-order valence-corrected chi connectivity index (χ1v) is 6.02. The first kappa shape index (κ1) is 13.1. The molecule has 0 saturated carbocycles. The van der Waals surface area contributed by atoms with Gasteiger partial charge in [0.15, 0.2) is 5.82 Å². The van der Waals surface area contributed by atoms with Crippen LogP contribution >= 0.6 is 0 Å². The summed E-state index contributed by atoms with van der Waals surface area (Å²) in [5.41, 5.74) is 0. The molecular weight excluding hydrogens is 244 g/mol. The molecule has 2 aromatic heterocycles. The van der Waals surface area contributed by atoms with Crippen molar-refractivity contribution in [1.29, 1.82) is 0 Å². The summed E-state index contributed by atoms with van der Waals surface area (Å²) in [6.45, 7) is 2.74. The van der Waals surface area contributed by atoms with Crippen LogP contribution in [0.1, 0.15) is 6.92 Å². The highest BCUT2D eigenvalue weighted by Crippen LogP contribution is 2.14. The molecule has 0 spiro atoms. The molecule has 0 amide bonds. The van der Waals surface area contributed by atoms with Crippen LogP contribution in [0.2, 0.25) is 0 Å². The maximum absolute atomic E-state index is 4.32. The van der Waals surface area contributed by atoms with Gasteiger partial charge in [0.25, 0.3) is 0 Å². The summed E-state index contributed by atoms with van der Waals surface area (Å²) in [6, 6.07) is 1.85. The van der Waals surface area contributed by atoms with Crippen molar-refractivity contribution >= 4 is 23.7 Å². The number of aryl methyl sites for hydroxylation is 1. The lowest BCUT2D eigenvalue weighted by Gasteiger charge is -2.13. The molecule has 0 aromatic carbocycles. The van der Waals surface area contributed by atoms with E-state index in [4.69, 9.17) is 0 Å². The highest BCUT2D eigenvalue weighted by molar-refractivity contribution is 5.51. The van der Waals surface area contributed by atoms with Crippen molar-refractivity contribution in [2.45, 2.75) is 6.92 Å². The topological polar surface area (TPSA) is 83.8 Å². The van der Waals surface area contributed by atoms with Crippen molar-refractivity contribution < 1.29 is 0 Å². The van der Waals surface area contributed by atoms with Gasteiger partial charge in [-0.1, -0.05) is 0 Å². The van der Waals surface area contributed by atoms with Crippen molar-refractivity contribution in [1.82, 2.24) is 24.7 Å². The van der Waals surface area contributed by atoms with E-state index in [1.807, 2.05) is 45.2 Å². The predicted molar refractivity (Wildman–Crippen MR) is 74.8 cm³/mol. The van der Waals surface area contributed by atoms with Crippen molar-refractivity contribution in [2.75, 3.05) is 36.2 Å². The van der Waals surface area contributed by atoms with E-state index in [2.05, 4.69) is 30.7 Å². The maximum Gasteiger partial charge on any atom is 0.235 e. The fourth-order valence-corrected chi connectivity index (χ4v) is 1.45. The minimum absolute atomic E-state index is 0.466. The summed E-state index contributed by atoms with van der Waals surface area (Å²) in [5.74, 6) is 2.29. The average Bonchev–Trinajstić information content (AvgIpc) is 2.75. The van der Waals surface area contributed by atoms with E-state index in [0.717, 1.165) is 6.54 Å². The second kappa shape index (κ2) is 5.51. The summed E-state index contributed by atoms with van der Waals surface area (Å²) in [7, 11) is 5.62. The maximum atomic E-state index is 4.32. The highest BCUT2D eigenvalue weighted by atomic mass is 15.3. The molecule has 0 aliphatic rings. The van der Waals surface area contributed by atoms with E-state index in [1.165, 1.54) is 0 Å². The van der Waals surface area contributed by atoms with Gasteiger partial charge in [-0.25, -0.2) is 0 Å². The zero-order valence-corrected chi connectivity index (χ0v) is 11.5. The second-order valence-electron chi connectivity index (χ2n) is 4.21. The zero-order chi connectivity index (χ0) is 13.8. The number of anilines is 4. The third-order valence-electron chi connectivity index (χ3n) is 2.31. The molecule has 0 fully saturated rings. The molecule has 19 heavy (non-hydrogen) atoms. The fourth-order valence-electron chi connectivity index (χ4n) is 1.45. The molecule has 0 unspecified atom stereocenters. The third-order valence-corrected chi connectivity index (χ3v) is 2.31. The zero-order valence-electron chi connectivity index (χ0n) is 11.5. The van der Waals surface area contributed by atoms with E-state index < -0.39 is 0 Å². The molecule has 102 valence electrons. The Bertz CT molecular complexity index is 547. The highest BCUT2D eigenvalue weighted by Gasteiger charge is 2.08. The Balaban J connectivity index is 2.27. The Morgan fingerprint density at radius 2 is 1.95 bits per heavy atom. The van der Waals surface area contributed by atoms with Crippen LogP contribution in [-0.4, -0.2) is 45.4 Å². The van der Waals surface area contributed by atoms with E-state index in [-0.39, 0.29) is 0 Å². The lowest BCUT2D eigenvalue weighted by molar-refractivity contribution is 0.770. The molecule has 2 rings (SSSR count).